The lowest BCUT2D eigenvalue weighted by molar-refractivity contribution is -0.131. The van der Waals surface area contributed by atoms with E-state index in [9.17, 15) is 13.2 Å². The standard InChI is InChI=1S/C8H6BClO5S/c9-6-3-5(10)1-2-7(6)15-8(11)4-16(12,13)14/h1-3H,4H2,(H,12,13,14). The van der Waals surface area contributed by atoms with Gasteiger partial charge < -0.3 is 4.74 Å². The topological polar surface area (TPSA) is 80.7 Å². The molecular formula is C8H6BClO5S. The van der Waals surface area contributed by atoms with E-state index in [1.54, 1.807) is 0 Å². The second-order valence-electron chi connectivity index (χ2n) is 2.88. The minimum absolute atomic E-state index is 0.0157. The van der Waals surface area contributed by atoms with Gasteiger partial charge in [-0.3, -0.25) is 9.35 Å². The second-order valence-corrected chi connectivity index (χ2v) is 4.77. The molecule has 84 valence electrons. The molecule has 0 aliphatic heterocycles. The molecule has 0 bridgehead atoms. The number of hydrogen-bond acceptors (Lipinski definition) is 4. The molecule has 8 heteroatoms. The van der Waals surface area contributed by atoms with Crippen molar-refractivity contribution < 1.29 is 22.5 Å². The Hall–Kier alpha value is -1.05. The molecule has 1 rings (SSSR count). The highest BCUT2D eigenvalue weighted by Gasteiger charge is 2.15. The van der Waals surface area contributed by atoms with Gasteiger partial charge in [-0.2, -0.15) is 8.42 Å². The lowest BCUT2D eigenvalue weighted by Gasteiger charge is -2.06. The third kappa shape index (κ3) is 4.22. The lowest BCUT2D eigenvalue weighted by Crippen LogP contribution is -2.22. The number of ether oxygens (including phenoxy) is 1. The molecule has 0 aliphatic carbocycles. The first kappa shape index (κ1) is 13.0. The number of benzene rings is 1. The van der Waals surface area contributed by atoms with Gasteiger partial charge in [0.2, 0.25) is 0 Å². The highest BCUT2D eigenvalue weighted by atomic mass is 35.5. The molecule has 0 amide bonds. The van der Waals surface area contributed by atoms with Crippen LogP contribution < -0.4 is 10.2 Å². The smallest absolute Gasteiger partial charge is 0.329 e. The van der Waals surface area contributed by atoms with Crippen molar-refractivity contribution in [2.45, 2.75) is 0 Å². The van der Waals surface area contributed by atoms with E-state index in [1.165, 1.54) is 18.2 Å². The van der Waals surface area contributed by atoms with Gasteiger partial charge >= 0.3 is 5.97 Å². The van der Waals surface area contributed by atoms with Crippen LogP contribution in [0.3, 0.4) is 0 Å². The van der Waals surface area contributed by atoms with E-state index in [0.29, 0.717) is 5.02 Å². The zero-order valence-electron chi connectivity index (χ0n) is 7.88. The maximum absolute atomic E-state index is 11.0. The van der Waals surface area contributed by atoms with Gasteiger partial charge in [-0.1, -0.05) is 17.1 Å². The Morgan fingerprint density at radius 3 is 2.62 bits per heavy atom. The highest BCUT2D eigenvalue weighted by molar-refractivity contribution is 7.86. The predicted molar refractivity (Wildman–Crippen MR) is 58.9 cm³/mol. The van der Waals surface area contributed by atoms with Gasteiger partial charge in [-0.15, -0.1) is 0 Å². The van der Waals surface area contributed by atoms with Crippen molar-refractivity contribution in [3.63, 3.8) is 0 Å². The summed E-state index contributed by atoms with van der Waals surface area (Å²) in [4.78, 5) is 11.0. The molecule has 1 aromatic rings. The molecule has 1 N–H and O–H groups in total. The molecule has 0 heterocycles. The van der Waals surface area contributed by atoms with Crippen molar-refractivity contribution in [3.8, 4) is 5.75 Å². The third-order valence-electron chi connectivity index (χ3n) is 1.50. The van der Waals surface area contributed by atoms with Crippen molar-refractivity contribution in [3.05, 3.63) is 23.2 Å². The van der Waals surface area contributed by atoms with Crippen molar-refractivity contribution in [1.29, 1.82) is 0 Å². The molecule has 0 unspecified atom stereocenters. The highest BCUT2D eigenvalue weighted by Crippen LogP contribution is 2.12. The summed E-state index contributed by atoms with van der Waals surface area (Å²) in [7, 11) is 1.05. The maximum Gasteiger partial charge on any atom is 0.329 e. The van der Waals surface area contributed by atoms with Crippen LogP contribution in [-0.4, -0.2) is 32.5 Å². The molecule has 5 nitrogen and oxygen atoms in total. The molecular weight excluding hydrogens is 254 g/mol. The van der Waals surface area contributed by atoms with Gasteiger partial charge in [0.1, 0.15) is 13.6 Å². The first-order valence-corrected chi connectivity index (χ1v) is 5.97. The first-order valence-electron chi connectivity index (χ1n) is 3.99. The fourth-order valence-corrected chi connectivity index (χ4v) is 1.45. The van der Waals surface area contributed by atoms with Crippen LogP contribution in [-0.2, 0) is 14.9 Å². The van der Waals surface area contributed by atoms with Crippen LogP contribution in [0.15, 0.2) is 18.2 Å². The largest absolute Gasteiger partial charge is 0.426 e. The average Bonchev–Trinajstić information content (AvgIpc) is 2.06. The Morgan fingerprint density at radius 2 is 2.12 bits per heavy atom. The van der Waals surface area contributed by atoms with Crippen molar-refractivity contribution in [1.82, 2.24) is 0 Å². The second kappa shape index (κ2) is 4.86. The third-order valence-corrected chi connectivity index (χ3v) is 2.33. The van der Waals surface area contributed by atoms with E-state index in [-0.39, 0.29) is 11.2 Å². The first-order chi connectivity index (χ1) is 7.28. The quantitative estimate of drug-likeness (QED) is 0.356. The van der Waals surface area contributed by atoms with Crippen LogP contribution in [0.25, 0.3) is 0 Å². The van der Waals surface area contributed by atoms with E-state index >= 15 is 0 Å². The SMILES string of the molecule is [B]c1cc(Cl)ccc1OC(=O)CS(=O)(=O)O. The summed E-state index contributed by atoms with van der Waals surface area (Å²) in [6.07, 6.45) is 0. The number of carbonyl (C=O) groups is 1. The van der Waals surface area contributed by atoms with Gasteiger partial charge in [-0.05, 0) is 18.2 Å². The Labute approximate surface area is 98.5 Å². The summed E-state index contributed by atoms with van der Waals surface area (Å²) >= 11 is 5.60. The lowest BCUT2D eigenvalue weighted by atomic mass is 9.95. The average molecular weight is 260 g/mol. The predicted octanol–water partition coefficient (Wildman–Crippen LogP) is -0.0730. The summed E-state index contributed by atoms with van der Waals surface area (Å²) in [5, 5.41) is 0.354. The number of carbonyl (C=O) groups excluding carboxylic acids is 1. The molecule has 0 aliphatic rings. The Kier molecular flexibility index (Phi) is 3.95. The van der Waals surface area contributed by atoms with Crippen LogP contribution in [0.1, 0.15) is 0 Å². The number of hydrogen-bond donors (Lipinski definition) is 1. The summed E-state index contributed by atoms with van der Waals surface area (Å²) in [5.74, 6) is -2.27. The number of halogens is 1. The summed E-state index contributed by atoms with van der Waals surface area (Å²) in [5.41, 5.74) is 0.0937. The molecule has 0 saturated carbocycles. The normalized spacial score (nSPS) is 11.1. The summed E-state index contributed by atoms with van der Waals surface area (Å²) < 4.78 is 33.8. The molecule has 0 atom stereocenters. The van der Waals surface area contributed by atoms with Crippen LogP contribution >= 0.6 is 11.6 Å². The van der Waals surface area contributed by atoms with Gasteiger partial charge in [0.25, 0.3) is 10.1 Å². The van der Waals surface area contributed by atoms with Gasteiger partial charge in [0.15, 0.2) is 5.75 Å². The Balaban J connectivity index is 2.78. The van der Waals surface area contributed by atoms with Gasteiger partial charge in [-0.25, -0.2) is 0 Å². The van der Waals surface area contributed by atoms with Crippen LogP contribution in [0, 0.1) is 0 Å². The van der Waals surface area contributed by atoms with Crippen molar-refractivity contribution in [2.24, 2.45) is 0 Å². The number of rotatable bonds is 3. The fourth-order valence-electron chi connectivity index (χ4n) is 0.913. The van der Waals surface area contributed by atoms with Crippen LogP contribution in [0.5, 0.6) is 5.75 Å². The number of esters is 1. The summed E-state index contributed by atoms with van der Waals surface area (Å²) in [6, 6.07) is 4.09. The molecule has 0 saturated heterocycles. The van der Waals surface area contributed by atoms with Gasteiger partial charge in [0.05, 0.1) is 0 Å². The maximum atomic E-state index is 11.0. The van der Waals surface area contributed by atoms with Crippen molar-refractivity contribution >= 4 is 41.0 Å². The zero-order valence-corrected chi connectivity index (χ0v) is 9.46. The van der Waals surface area contributed by atoms with E-state index in [4.69, 9.17) is 24.0 Å². The van der Waals surface area contributed by atoms with Crippen molar-refractivity contribution in [2.75, 3.05) is 5.75 Å². The van der Waals surface area contributed by atoms with E-state index in [1.807, 2.05) is 0 Å². The monoisotopic (exact) mass is 260 g/mol. The van der Waals surface area contributed by atoms with E-state index in [0.717, 1.165) is 0 Å². The molecule has 0 fully saturated rings. The van der Waals surface area contributed by atoms with E-state index in [2.05, 4.69) is 4.74 Å². The van der Waals surface area contributed by atoms with Gasteiger partial charge in [0, 0.05) is 5.02 Å². The molecule has 2 radical (unpaired) electrons. The minimum atomic E-state index is -4.41. The van der Waals surface area contributed by atoms with Crippen LogP contribution in [0.2, 0.25) is 5.02 Å². The molecule has 16 heavy (non-hydrogen) atoms. The molecule has 0 aromatic heterocycles. The molecule has 1 aromatic carbocycles. The minimum Gasteiger partial charge on any atom is -0.426 e. The Morgan fingerprint density at radius 1 is 1.50 bits per heavy atom. The van der Waals surface area contributed by atoms with Crippen LogP contribution in [0.4, 0.5) is 0 Å². The fraction of sp³-hybridized carbons (Fsp3) is 0.125. The zero-order chi connectivity index (χ0) is 12.3. The summed E-state index contributed by atoms with van der Waals surface area (Å²) in [6.45, 7) is 0. The molecule has 0 spiro atoms. The Bertz CT molecular complexity index is 513. The van der Waals surface area contributed by atoms with E-state index < -0.39 is 21.8 Å².